The van der Waals surface area contributed by atoms with E-state index < -0.39 is 0 Å². The highest BCUT2D eigenvalue weighted by molar-refractivity contribution is 6.18. The Hall–Kier alpha value is -0.540. The van der Waals surface area contributed by atoms with E-state index >= 15 is 0 Å². The first kappa shape index (κ1) is 13.9. The molecule has 1 saturated carbocycles. The van der Waals surface area contributed by atoms with Crippen molar-refractivity contribution in [2.45, 2.75) is 44.6 Å². The van der Waals surface area contributed by atoms with E-state index in [1.807, 2.05) is 17.9 Å². The number of hydrogen-bond donors (Lipinski definition) is 0. The van der Waals surface area contributed by atoms with Crippen LogP contribution in [0.25, 0.3) is 0 Å². The maximum Gasteiger partial charge on any atom is 0.0492 e. The van der Waals surface area contributed by atoms with E-state index in [0.717, 1.165) is 31.4 Å². The normalized spacial score (nSPS) is 17.5. The van der Waals surface area contributed by atoms with Crippen LogP contribution in [0.3, 0.4) is 0 Å². The molecule has 2 rings (SSSR count). The van der Waals surface area contributed by atoms with E-state index in [0.29, 0.717) is 0 Å². The molecular weight excluding hydrogens is 246 g/mol. The van der Waals surface area contributed by atoms with Crippen molar-refractivity contribution in [3.05, 3.63) is 18.0 Å². The van der Waals surface area contributed by atoms with E-state index in [1.165, 1.54) is 37.8 Å². The number of nitrogens with zero attached hydrogens (tertiary/aromatic N) is 3. The summed E-state index contributed by atoms with van der Waals surface area (Å²) in [4.78, 5) is 2.58. The second-order valence-corrected chi connectivity index (χ2v) is 5.59. The SMILES string of the molecule is Cn1nccc1CCN(CCCl)C1CCCCC1. The number of halogens is 1. The van der Waals surface area contributed by atoms with Crippen LogP contribution in [-0.4, -0.2) is 39.7 Å². The van der Waals surface area contributed by atoms with Gasteiger partial charge in [-0.25, -0.2) is 0 Å². The summed E-state index contributed by atoms with van der Waals surface area (Å²) in [6.45, 7) is 2.13. The molecule has 1 heterocycles. The lowest BCUT2D eigenvalue weighted by molar-refractivity contribution is 0.165. The standard InChI is InChI=1S/C14H24ClN3/c1-17-13(7-10-16-17)8-11-18(12-9-15)14-5-3-2-4-6-14/h7,10,14H,2-6,8-9,11-12H2,1H3. The number of hydrogen-bond acceptors (Lipinski definition) is 2. The van der Waals surface area contributed by atoms with Crippen LogP contribution in [0, 0.1) is 0 Å². The molecular formula is C14H24ClN3. The van der Waals surface area contributed by atoms with Crippen molar-refractivity contribution in [3.63, 3.8) is 0 Å². The summed E-state index contributed by atoms with van der Waals surface area (Å²) in [7, 11) is 2.02. The van der Waals surface area contributed by atoms with Crippen LogP contribution in [0.4, 0.5) is 0 Å². The molecule has 1 fully saturated rings. The first-order valence-electron chi connectivity index (χ1n) is 7.08. The summed E-state index contributed by atoms with van der Waals surface area (Å²) in [6.07, 6.45) is 9.83. The second kappa shape index (κ2) is 7.15. The topological polar surface area (TPSA) is 21.1 Å². The molecule has 1 aliphatic rings. The van der Waals surface area contributed by atoms with E-state index in [9.17, 15) is 0 Å². The first-order valence-corrected chi connectivity index (χ1v) is 7.61. The van der Waals surface area contributed by atoms with Gasteiger partial charge in [-0.3, -0.25) is 9.58 Å². The molecule has 3 nitrogen and oxygen atoms in total. The van der Waals surface area contributed by atoms with Gasteiger partial charge in [0.05, 0.1) is 0 Å². The molecule has 0 amide bonds. The predicted molar refractivity (Wildman–Crippen MR) is 76.1 cm³/mol. The summed E-state index contributed by atoms with van der Waals surface area (Å²) >= 11 is 5.95. The molecule has 18 heavy (non-hydrogen) atoms. The summed E-state index contributed by atoms with van der Waals surface area (Å²) in [5.74, 6) is 0.738. The summed E-state index contributed by atoms with van der Waals surface area (Å²) in [5, 5.41) is 4.23. The van der Waals surface area contributed by atoms with Crippen molar-refractivity contribution >= 4 is 11.6 Å². The maximum atomic E-state index is 5.95. The summed E-state index contributed by atoms with van der Waals surface area (Å²) in [6, 6.07) is 2.87. The molecule has 102 valence electrons. The molecule has 0 saturated heterocycles. The first-order chi connectivity index (χ1) is 8.81. The summed E-state index contributed by atoms with van der Waals surface area (Å²) < 4.78 is 1.97. The van der Waals surface area contributed by atoms with Crippen LogP contribution in [-0.2, 0) is 13.5 Å². The number of rotatable bonds is 6. The Bertz CT molecular complexity index is 345. The average Bonchev–Trinajstić information content (AvgIpc) is 2.81. The minimum atomic E-state index is 0.738. The molecule has 1 aliphatic carbocycles. The fourth-order valence-corrected chi connectivity index (χ4v) is 3.15. The zero-order valence-corrected chi connectivity index (χ0v) is 12.1. The van der Waals surface area contributed by atoms with Gasteiger partial charge >= 0.3 is 0 Å². The highest BCUT2D eigenvalue weighted by Gasteiger charge is 2.20. The molecule has 0 aliphatic heterocycles. The molecule has 0 N–H and O–H groups in total. The van der Waals surface area contributed by atoms with Crippen LogP contribution in [0.2, 0.25) is 0 Å². The van der Waals surface area contributed by atoms with Crippen LogP contribution in [0.5, 0.6) is 0 Å². The summed E-state index contributed by atoms with van der Waals surface area (Å²) in [5.41, 5.74) is 1.31. The van der Waals surface area contributed by atoms with Gasteiger partial charge in [0, 0.05) is 50.4 Å². The van der Waals surface area contributed by atoms with Gasteiger partial charge in [-0.05, 0) is 18.9 Å². The third-order valence-electron chi connectivity index (χ3n) is 4.04. The second-order valence-electron chi connectivity index (χ2n) is 5.21. The fraction of sp³-hybridized carbons (Fsp3) is 0.786. The molecule has 0 bridgehead atoms. The van der Waals surface area contributed by atoms with Gasteiger partial charge in [0.25, 0.3) is 0 Å². The van der Waals surface area contributed by atoms with Crippen molar-refractivity contribution < 1.29 is 0 Å². The van der Waals surface area contributed by atoms with Gasteiger partial charge in [0.15, 0.2) is 0 Å². The third kappa shape index (κ3) is 3.72. The predicted octanol–water partition coefficient (Wildman–Crippen LogP) is 2.84. The fourth-order valence-electron chi connectivity index (χ4n) is 2.94. The Labute approximate surface area is 115 Å². The number of aryl methyl sites for hydroxylation is 1. The average molecular weight is 270 g/mol. The minimum absolute atomic E-state index is 0.738. The Morgan fingerprint density at radius 1 is 1.33 bits per heavy atom. The van der Waals surface area contributed by atoms with Crippen LogP contribution in [0.1, 0.15) is 37.8 Å². The third-order valence-corrected chi connectivity index (χ3v) is 4.21. The van der Waals surface area contributed by atoms with Crippen molar-refractivity contribution in [2.24, 2.45) is 7.05 Å². The lowest BCUT2D eigenvalue weighted by Gasteiger charge is -2.33. The molecule has 1 aromatic rings. The van der Waals surface area contributed by atoms with Gasteiger partial charge < -0.3 is 0 Å². The molecule has 0 radical (unpaired) electrons. The molecule has 4 heteroatoms. The van der Waals surface area contributed by atoms with E-state index in [4.69, 9.17) is 11.6 Å². The highest BCUT2D eigenvalue weighted by atomic mass is 35.5. The zero-order chi connectivity index (χ0) is 12.8. The largest absolute Gasteiger partial charge is 0.299 e. The van der Waals surface area contributed by atoms with Gasteiger partial charge in [-0.2, -0.15) is 5.10 Å². The van der Waals surface area contributed by atoms with Crippen molar-refractivity contribution in [3.8, 4) is 0 Å². The zero-order valence-electron chi connectivity index (χ0n) is 11.3. The Morgan fingerprint density at radius 2 is 2.11 bits per heavy atom. The van der Waals surface area contributed by atoms with Crippen molar-refractivity contribution in [1.82, 2.24) is 14.7 Å². The van der Waals surface area contributed by atoms with Crippen LogP contribution >= 0.6 is 11.6 Å². The van der Waals surface area contributed by atoms with Crippen molar-refractivity contribution in [1.29, 1.82) is 0 Å². The number of aromatic nitrogens is 2. The molecule has 0 unspecified atom stereocenters. The van der Waals surface area contributed by atoms with Gasteiger partial charge in [-0.1, -0.05) is 19.3 Å². The smallest absolute Gasteiger partial charge is 0.0492 e. The molecule has 0 aromatic carbocycles. The number of alkyl halides is 1. The monoisotopic (exact) mass is 269 g/mol. The Morgan fingerprint density at radius 3 is 2.72 bits per heavy atom. The van der Waals surface area contributed by atoms with E-state index in [-0.39, 0.29) is 0 Å². The minimum Gasteiger partial charge on any atom is -0.299 e. The van der Waals surface area contributed by atoms with E-state index in [2.05, 4.69) is 16.1 Å². The Kier molecular flexibility index (Phi) is 5.51. The highest BCUT2D eigenvalue weighted by Crippen LogP contribution is 2.22. The van der Waals surface area contributed by atoms with Crippen LogP contribution in [0.15, 0.2) is 12.3 Å². The molecule has 0 atom stereocenters. The van der Waals surface area contributed by atoms with Crippen LogP contribution < -0.4 is 0 Å². The lowest BCUT2D eigenvalue weighted by Crippen LogP contribution is -2.39. The van der Waals surface area contributed by atoms with Gasteiger partial charge in [0.1, 0.15) is 0 Å². The van der Waals surface area contributed by atoms with Gasteiger partial charge in [-0.15, -0.1) is 11.6 Å². The maximum absolute atomic E-state index is 5.95. The Balaban J connectivity index is 1.87. The van der Waals surface area contributed by atoms with Crippen molar-refractivity contribution in [2.75, 3.05) is 19.0 Å². The van der Waals surface area contributed by atoms with Gasteiger partial charge in [0.2, 0.25) is 0 Å². The molecule has 0 spiro atoms. The quantitative estimate of drug-likeness (QED) is 0.741. The van der Waals surface area contributed by atoms with E-state index in [1.54, 1.807) is 0 Å². The molecule has 1 aromatic heterocycles. The lowest BCUT2D eigenvalue weighted by atomic mass is 9.94.